The second-order valence-electron chi connectivity index (χ2n) is 2.26. The third-order valence-electron chi connectivity index (χ3n) is 1.11. The smallest absolute Gasteiger partial charge is 0.106 e. The summed E-state index contributed by atoms with van der Waals surface area (Å²) >= 11 is 0. The summed E-state index contributed by atoms with van der Waals surface area (Å²) in [6.07, 6.45) is 1.60. The van der Waals surface area contributed by atoms with Crippen molar-refractivity contribution in [2.45, 2.75) is 19.9 Å². The van der Waals surface area contributed by atoms with Gasteiger partial charge in [-0.05, 0) is 5.92 Å². The molecule has 0 radical (unpaired) electrons. The van der Waals surface area contributed by atoms with Crippen LogP contribution in [0, 0.1) is 5.92 Å². The van der Waals surface area contributed by atoms with Crippen molar-refractivity contribution in [2.24, 2.45) is 16.8 Å². The standard InChI is InChI=1S/C6H14N2O/c1-5(2)6(7)4-8-9-3/h4-6H,7H2,1-3H3/b8-4+. The minimum atomic E-state index is 0.00458. The van der Waals surface area contributed by atoms with Crippen LogP contribution in [0.4, 0.5) is 0 Å². The van der Waals surface area contributed by atoms with E-state index in [0.717, 1.165) is 0 Å². The molecule has 0 aromatic carbocycles. The summed E-state index contributed by atoms with van der Waals surface area (Å²) in [4.78, 5) is 4.45. The first-order valence-electron chi connectivity index (χ1n) is 3.00. The van der Waals surface area contributed by atoms with E-state index in [4.69, 9.17) is 5.73 Å². The minimum absolute atomic E-state index is 0.00458. The lowest BCUT2D eigenvalue weighted by Crippen LogP contribution is -2.27. The van der Waals surface area contributed by atoms with Crippen molar-refractivity contribution in [3.05, 3.63) is 0 Å². The largest absolute Gasteiger partial charge is 0.399 e. The number of rotatable bonds is 3. The average Bonchev–Trinajstić information content (AvgIpc) is 1.82. The molecule has 1 atom stereocenters. The van der Waals surface area contributed by atoms with E-state index in [0.29, 0.717) is 5.92 Å². The average molecular weight is 130 g/mol. The van der Waals surface area contributed by atoms with E-state index in [1.807, 2.05) is 13.8 Å². The van der Waals surface area contributed by atoms with Crippen LogP contribution in [0.25, 0.3) is 0 Å². The minimum Gasteiger partial charge on any atom is -0.399 e. The molecule has 0 rings (SSSR count). The molecular weight excluding hydrogens is 116 g/mol. The first kappa shape index (κ1) is 8.43. The summed E-state index contributed by atoms with van der Waals surface area (Å²) in [5, 5.41) is 3.54. The molecule has 0 aromatic rings. The number of nitrogens with two attached hydrogens (primary N) is 1. The summed E-state index contributed by atoms with van der Waals surface area (Å²) in [6, 6.07) is 0.00458. The molecule has 3 nitrogen and oxygen atoms in total. The zero-order valence-electron chi connectivity index (χ0n) is 6.16. The monoisotopic (exact) mass is 130 g/mol. The Balaban J connectivity index is 3.48. The summed E-state index contributed by atoms with van der Waals surface area (Å²) in [6.45, 7) is 4.07. The van der Waals surface area contributed by atoms with Gasteiger partial charge in [-0.1, -0.05) is 19.0 Å². The molecule has 0 aliphatic rings. The van der Waals surface area contributed by atoms with Gasteiger partial charge in [-0.15, -0.1) is 0 Å². The van der Waals surface area contributed by atoms with Gasteiger partial charge in [-0.3, -0.25) is 0 Å². The molecule has 0 spiro atoms. The zero-order chi connectivity index (χ0) is 7.28. The van der Waals surface area contributed by atoms with Crippen LogP contribution in [0.15, 0.2) is 5.16 Å². The molecule has 0 aromatic heterocycles. The van der Waals surface area contributed by atoms with E-state index in [2.05, 4.69) is 9.99 Å². The first-order chi connectivity index (χ1) is 4.18. The van der Waals surface area contributed by atoms with Gasteiger partial charge in [0, 0.05) is 6.04 Å². The predicted octanol–water partition coefficient (Wildman–Crippen LogP) is 0.602. The van der Waals surface area contributed by atoms with E-state index in [1.54, 1.807) is 6.21 Å². The van der Waals surface area contributed by atoms with Crippen LogP contribution in [0.5, 0.6) is 0 Å². The summed E-state index contributed by atoms with van der Waals surface area (Å²) in [5.74, 6) is 0.420. The Morgan fingerprint density at radius 2 is 2.11 bits per heavy atom. The Kier molecular flexibility index (Phi) is 4.05. The number of nitrogens with zero attached hydrogens (tertiary/aromatic N) is 1. The third kappa shape index (κ3) is 3.97. The van der Waals surface area contributed by atoms with Gasteiger partial charge in [0.2, 0.25) is 0 Å². The van der Waals surface area contributed by atoms with E-state index < -0.39 is 0 Å². The van der Waals surface area contributed by atoms with Crippen LogP contribution >= 0.6 is 0 Å². The van der Waals surface area contributed by atoms with Gasteiger partial charge < -0.3 is 10.6 Å². The van der Waals surface area contributed by atoms with Crippen LogP contribution in [-0.4, -0.2) is 19.4 Å². The number of hydrogen-bond acceptors (Lipinski definition) is 3. The molecular formula is C6H14N2O. The van der Waals surface area contributed by atoms with Crippen LogP contribution in [-0.2, 0) is 4.84 Å². The second-order valence-corrected chi connectivity index (χ2v) is 2.26. The molecule has 2 N–H and O–H groups in total. The normalized spacial score (nSPS) is 14.8. The Hall–Kier alpha value is -0.570. The lowest BCUT2D eigenvalue weighted by Gasteiger charge is -2.07. The van der Waals surface area contributed by atoms with Crippen molar-refractivity contribution in [1.82, 2.24) is 0 Å². The highest BCUT2D eigenvalue weighted by Crippen LogP contribution is 1.94. The van der Waals surface area contributed by atoms with Crippen molar-refractivity contribution < 1.29 is 4.84 Å². The SMILES string of the molecule is CO/N=C/C(N)C(C)C. The third-order valence-corrected chi connectivity index (χ3v) is 1.11. The highest BCUT2D eigenvalue weighted by molar-refractivity contribution is 5.63. The Morgan fingerprint density at radius 3 is 2.44 bits per heavy atom. The Morgan fingerprint density at radius 1 is 1.56 bits per heavy atom. The van der Waals surface area contributed by atoms with E-state index in [1.165, 1.54) is 7.11 Å². The van der Waals surface area contributed by atoms with E-state index in [-0.39, 0.29) is 6.04 Å². The van der Waals surface area contributed by atoms with Gasteiger partial charge in [0.25, 0.3) is 0 Å². The van der Waals surface area contributed by atoms with E-state index in [9.17, 15) is 0 Å². The molecule has 0 aliphatic heterocycles. The number of oxime groups is 1. The number of hydrogen-bond donors (Lipinski definition) is 1. The van der Waals surface area contributed by atoms with Crippen LogP contribution in [0.1, 0.15) is 13.8 Å². The molecule has 0 bridgehead atoms. The van der Waals surface area contributed by atoms with Crippen molar-refractivity contribution in [2.75, 3.05) is 7.11 Å². The highest BCUT2D eigenvalue weighted by atomic mass is 16.6. The molecule has 3 heteroatoms. The lowest BCUT2D eigenvalue weighted by atomic mass is 10.1. The van der Waals surface area contributed by atoms with Gasteiger partial charge in [-0.25, -0.2) is 0 Å². The maximum absolute atomic E-state index is 5.57. The van der Waals surface area contributed by atoms with Gasteiger partial charge in [0.05, 0.1) is 6.21 Å². The summed E-state index contributed by atoms with van der Waals surface area (Å²) < 4.78 is 0. The fourth-order valence-corrected chi connectivity index (χ4v) is 0.303. The topological polar surface area (TPSA) is 47.6 Å². The van der Waals surface area contributed by atoms with E-state index >= 15 is 0 Å². The van der Waals surface area contributed by atoms with Crippen molar-refractivity contribution in [3.63, 3.8) is 0 Å². The maximum atomic E-state index is 5.57. The van der Waals surface area contributed by atoms with Crippen LogP contribution < -0.4 is 5.73 Å². The quantitative estimate of drug-likeness (QED) is 0.449. The Labute approximate surface area is 55.9 Å². The molecule has 0 amide bonds. The van der Waals surface area contributed by atoms with Gasteiger partial charge in [-0.2, -0.15) is 0 Å². The first-order valence-corrected chi connectivity index (χ1v) is 3.00. The molecule has 0 fully saturated rings. The van der Waals surface area contributed by atoms with Crippen molar-refractivity contribution in [1.29, 1.82) is 0 Å². The maximum Gasteiger partial charge on any atom is 0.106 e. The van der Waals surface area contributed by atoms with Crippen LogP contribution in [0.2, 0.25) is 0 Å². The fraction of sp³-hybridized carbons (Fsp3) is 0.833. The van der Waals surface area contributed by atoms with Crippen molar-refractivity contribution >= 4 is 6.21 Å². The highest BCUT2D eigenvalue weighted by Gasteiger charge is 2.02. The van der Waals surface area contributed by atoms with Gasteiger partial charge >= 0.3 is 0 Å². The Bertz CT molecular complexity index is 91.1. The second kappa shape index (κ2) is 4.32. The summed E-state index contributed by atoms with van der Waals surface area (Å²) in [7, 11) is 1.50. The lowest BCUT2D eigenvalue weighted by molar-refractivity contribution is 0.213. The summed E-state index contributed by atoms with van der Waals surface area (Å²) in [5.41, 5.74) is 5.57. The molecule has 9 heavy (non-hydrogen) atoms. The fourth-order valence-electron chi connectivity index (χ4n) is 0.303. The van der Waals surface area contributed by atoms with Gasteiger partial charge in [0.1, 0.15) is 7.11 Å². The molecule has 1 unspecified atom stereocenters. The molecule has 0 heterocycles. The zero-order valence-corrected chi connectivity index (χ0v) is 6.16. The predicted molar refractivity (Wildman–Crippen MR) is 38.3 cm³/mol. The van der Waals surface area contributed by atoms with Gasteiger partial charge in [0.15, 0.2) is 0 Å². The molecule has 0 aliphatic carbocycles. The molecule has 0 saturated carbocycles. The molecule has 54 valence electrons. The van der Waals surface area contributed by atoms with Crippen LogP contribution in [0.3, 0.4) is 0 Å². The molecule has 0 saturated heterocycles. The van der Waals surface area contributed by atoms with Crippen molar-refractivity contribution in [3.8, 4) is 0 Å².